The molecular formula is C25H31ClN4O4S. The molecule has 1 saturated heterocycles. The summed E-state index contributed by atoms with van der Waals surface area (Å²) in [6.45, 7) is 4.26. The van der Waals surface area contributed by atoms with Crippen LogP contribution < -0.4 is 11.1 Å². The molecule has 10 heteroatoms. The number of piperazine rings is 1. The molecule has 1 aliphatic rings. The smallest absolute Gasteiger partial charge is 0.328 e. The third-order valence-corrected chi connectivity index (χ3v) is 7.21. The topological polar surface area (TPSA) is 105 Å². The van der Waals surface area contributed by atoms with E-state index in [1.165, 1.54) is 12.7 Å². The van der Waals surface area contributed by atoms with Gasteiger partial charge in [0.15, 0.2) is 5.25 Å². The van der Waals surface area contributed by atoms with Crippen molar-refractivity contribution in [3.05, 3.63) is 64.7 Å². The molecule has 2 amide bonds. The average Bonchev–Trinajstić information content (AvgIpc) is 2.88. The monoisotopic (exact) mass is 518 g/mol. The number of benzene rings is 2. The van der Waals surface area contributed by atoms with E-state index < -0.39 is 17.1 Å². The van der Waals surface area contributed by atoms with Crippen molar-refractivity contribution in [1.29, 1.82) is 0 Å². The van der Waals surface area contributed by atoms with Gasteiger partial charge in [-0.3, -0.25) is 19.3 Å². The number of carbonyl (C=O) groups excluding carboxylic acids is 3. The number of nitrogens with one attached hydrogen (secondary N) is 1. The Bertz CT molecular complexity index is 996. The number of hydrogen-bond donors (Lipinski definition) is 2. The molecule has 0 aromatic heterocycles. The van der Waals surface area contributed by atoms with Crippen LogP contribution in [0.2, 0.25) is 5.02 Å². The average molecular weight is 519 g/mol. The maximum atomic E-state index is 12.9. The number of rotatable bonds is 10. The molecule has 0 unspecified atom stereocenters. The quantitative estimate of drug-likeness (QED) is 0.368. The summed E-state index contributed by atoms with van der Waals surface area (Å²) in [4.78, 5) is 41.6. The molecule has 0 aliphatic carbocycles. The normalized spacial score (nSPS) is 14.9. The van der Waals surface area contributed by atoms with Crippen LogP contribution in [-0.4, -0.2) is 85.0 Å². The Kier molecular flexibility index (Phi) is 10.4. The molecule has 1 aliphatic heterocycles. The highest BCUT2D eigenvalue weighted by atomic mass is 35.5. The van der Waals surface area contributed by atoms with E-state index in [9.17, 15) is 14.4 Å². The zero-order chi connectivity index (χ0) is 25.2. The molecule has 0 bridgehead atoms. The zero-order valence-electron chi connectivity index (χ0n) is 19.7. The van der Waals surface area contributed by atoms with Crippen molar-refractivity contribution in [2.45, 2.75) is 11.7 Å². The Balaban J connectivity index is 1.48. The Labute approximate surface area is 215 Å². The second-order valence-corrected chi connectivity index (χ2v) is 9.79. The van der Waals surface area contributed by atoms with Crippen molar-refractivity contribution in [1.82, 2.24) is 9.80 Å². The Morgan fingerprint density at radius 2 is 1.71 bits per heavy atom. The Morgan fingerprint density at radius 1 is 1.06 bits per heavy atom. The first-order chi connectivity index (χ1) is 16.9. The zero-order valence-corrected chi connectivity index (χ0v) is 21.3. The fraction of sp³-hybridized carbons (Fsp3) is 0.400. The summed E-state index contributed by atoms with van der Waals surface area (Å²) in [5.74, 6) is -0.690. The van der Waals surface area contributed by atoms with Gasteiger partial charge in [0, 0.05) is 61.3 Å². The van der Waals surface area contributed by atoms with E-state index in [1.54, 1.807) is 24.3 Å². The minimum absolute atomic E-state index is 0.0360. The molecule has 2 aromatic carbocycles. The summed E-state index contributed by atoms with van der Waals surface area (Å²) >= 11 is 7.08. The van der Waals surface area contributed by atoms with Crippen LogP contribution in [0.5, 0.6) is 0 Å². The number of halogens is 1. The molecule has 8 nitrogen and oxygen atoms in total. The van der Waals surface area contributed by atoms with E-state index in [-0.39, 0.29) is 5.91 Å². The molecular weight excluding hydrogens is 488 g/mol. The number of amides is 2. The van der Waals surface area contributed by atoms with Gasteiger partial charge in [-0.2, -0.15) is 0 Å². The van der Waals surface area contributed by atoms with E-state index >= 15 is 0 Å². The van der Waals surface area contributed by atoms with Gasteiger partial charge in [0.1, 0.15) is 0 Å². The minimum atomic E-state index is -0.999. The van der Waals surface area contributed by atoms with Crippen molar-refractivity contribution < 1.29 is 19.1 Å². The fourth-order valence-electron chi connectivity index (χ4n) is 3.74. The van der Waals surface area contributed by atoms with Gasteiger partial charge in [0.2, 0.25) is 5.91 Å². The lowest BCUT2D eigenvalue weighted by molar-refractivity contribution is -0.142. The molecule has 0 radical (unpaired) electrons. The maximum absolute atomic E-state index is 12.9. The second kappa shape index (κ2) is 13.5. The highest BCUT2D eigenvalue weighted by molar-refractivity contribution is 8.01. The van der Waals surface area contributed by atoms with Gasteiger partial charge >= 0.3 is 5.97 Å². The van der Waals surface area contributed by atoms with Crippen LogP contribution in [0.25, 0.3) is 0 Å². The van der Waals surface area contributed by atoms with Crippen LogP contribution >= 0.6 is 23.4 Å². The number of anilines is 1. The maximum Gasteiger partial charge on any atom is 0.328 e. The lowest BCUT2D eigenvalue weighted by Gasteiger charge is -2.34. The van der Waals surface area contributed by atoms with Crippen LogP contribution in [0.15, 0.2) is 48.5 Å². The second-order valence-electron chi connectivity index (χ2n) is 8.14. The number of hydrogen-bond acceptors (Lipinski definition) is 7. The van der Waals surface area contributed by atoms with E-state index in [1.807, 2.05) is 29.2 Å². The van der Waals surface area contributed by atoms with Gasteiger partial charge in [0.25, 0.3) is 5.91 Å². The van der Waals surface area contributed by atoms with E-state index in [4.69, 9.17) is 22.1 Å². The summed E-state index contributed by atoms with van der Waals surface area (Å²) in [6, 6.07) is 14.6. The van der Waals surface area contributed by atoms with Gasteiger partial charge in [-0.05, 0) is 48.4 Å². The number of nitrogens with zero attached hydrogens (tertiary/aromatic N) is 2. The third kappa shape index (κ3) is 7.96. The van der Waals surface area contributed by atoms with E-state index in [0.717, 1.165) is 42.8 Å². The minimum Gasteiger partial charge on any atom is -0.468 e. The highest BCUT2D eigenvalue weighted by Gasteiger charge is 2.28. The predicted molar refractivity (Wildman–Crippen MR) is 140 cm³/mol. The fourth-order valence-corrected chi connectivity index (χ4v) is 4.68. The summed E-state index contributed by atoms with van der Waals surface area (Å²) in [5, 5.41) is 2.45. The molecule has 3 N–H and O–H groups in total. The molecule has 0 spiro atoms. The largest absolute Gasteiger partial charge is 0.468 e. The number of nitrogens with two attached hydrogens (primary N) is 1. The van der Waals surface area contributed by atoms with Crippen molar-refractivity contribution in [2.24, 2.45) is 5.73 Å². The number of methoxy groups -OCH3 is 1. The van der Waals surface area contributed by atoms with Crippen molar-refractivity contribution in [3.63, 3.8) is 0 Å². The third-order valence-electron chi connectivity index (χ3n) is 5.74. The summed E-state index contributed by atoms with van der Waals surface area (Å²) in [6.07, 6.45) is 0.944. The van der Waals surface area contributed by atoms with Gasteiger partial charge in [-0.15, -0.1) is 11.8 Å². The number of esters is 1. The SMILES string of the molecule is COC(=O)[C@@H](SCCN)C(=O)Nc1ccc(C(=O)N2CCN(CCc3ccc(Cl)cc3)CC2)cc1. The van der Waals surface area contributed by atoms with E-state index in [0.29, 0.717) is 36.6 Å². The molecule has 1 atom stereocenters. The van der Waals surface area contributed by atoms with Crippen LogP contribution in [0.4, 0.5) is 5.69 Å². The number of ether oxygens (including phenoxy) is 1. The Hall–Kier alpha value is -2.59. The number of thioether (sulfide) groups is 1. The summed E-state index contributed by atoms with van der Waals surface area (Å²) in [5.41, 5.74) is 7.78. The van der Waals surface area contributed by atoms with E-state index in [2.05, 4.69) is 10.2 Å². The highest BCUT2D eigenvalue weighted by Crippen LogP contribution is 2.18. The van der Waals surface area contributed by atoms with Crippen molar-refractivity contribution in [3.8, 4) is 0 Å². The van der Waals surface area contributed by atoms with Gasteiger partial charge in [-0.25, -0.2) is 0 Å². The van der Waals surface area contributed by atoms with Crippen molar-refractivity contribution >= 4 is 46.8 Å². The molecule has 1 fully saturated rings. The van der Waals surface area contributed by atoms with Gasteiger partial charge < -0.3 is 20.7 Å². The van der Waals surface area contributed by atoms with Gasteiger partial charge in [-0.1, -0.05) is 23.7 Å². The summed E-state index contributed by atoms with van der Waals surface area (Å²) < 4.78 is 4.72. The lowest BCUT2D eigenvalue weighted by atomic mass is 10.1. The molecule has 0 saturated carbocycles. The molecule has 35 heavy (non-hydrogen) atoms. The molecule has 2 aromatic rings. The van der Waals surface area contributed by atoms with Crippen LogP contribution in [0.1, 0.15) is 15.9 Å². The molecule has 188 valence electrons. The standard InChI is InChI=1S/C25H31ClN4O4S/c1-34-25(33)22(35-17-11-27)23(31)28-21-8-4-19(5-9-21)24(32)30-15-13-29(14-16-30)12-10-18-2-6-20(26)7-3-18/h2-9,22H,10-17,27H2,1H3,(H,28,31)/t22-/m0/s1. The van der Waals surface area contributed by atoms with Crippen molar-refractivity contribution in [2.75, 3.05) is 57.4 Å². The van der Waals surface area contributed by atoms with Gasteiger partial charge in [0.05, 0.1) is 7.11 Å². The molecule has 1 heterocycles. The number of carbonyl (C=O) groups is 3. The first kappa shape index (κ1) is 27.0. The molecule has 3 rings (SSSR count). The van der Waals surface area contributed by atoms with Crippen LogP contribution in [0, 0.1) is 0 Å². The first-order valence-corrected chi connectivity index (χ1v) is 12.9. The Morgan fingerprint density at radius 3 is 2.31 bits per heavy atom. The van der Waals surface area contributed by atoms with Crippen LogP contribution in [-0.2, 0) is 20.7 Å². The predicted octanol–water partition coefficient (Wildman–Crippen LogP) is 2.51. The first-order valence-electron chi connectivity index (χ1n) is 11.5. The van der Waals surface area contributed by atoms with Crippen LogP contribution in [0.3, 0.4) is 0 Å². The lowest BCUT2D eigenvalue weighted by Crippen LogP contribution is -2.49. The summed E-state index contributed by atoms with van der Waals surface area (Å²) in [7, 11) is 1.24.